The molecule has 13 heavy (non-hydrogen) atoms. The minimum atomic E-state index is -1.03. The molecule has 0 aromatic heterocycles. The molecule has 0 spiro atoms. The summed E-state index contributed by atoms with van der Waals surface area (Å²) in [7, 11) is 0. The minimum Gasteiger partial charge on any atom is -0.480 e. The lowest BCUT2D eigenvalue weighted by Gasteiger charge is -2.31. The van der Waals surface area contributed by atoms with Crippen LogP contribution >= 0.6 is 0 Å². The van der Waals surface area contributed by atoms with E-state index in [9.17, 15) is 9.59 Å². The quantitative estimate of drug-likeness (QED) is 0.484. The Bertz CT molecular complexity index is 269. The van der Waals surface area contributed by atoms with E-state index in [1.54, 1.807) is 0 Å². The third kappa shape index (κ3) is 1.98. The summed E-state index contributed by atoms with van der Waals surface area (Å²) in [4.78, 5) is 23.0. The molecular weight excluding hydrogens is 172 g/mol. The van der Waals surface area contributed by atoms with Crippen molar-refractivity contribution in [2.24, 2.45) is 0 Å². The number of nitrogens with zero attached hydrogens (tertiary/aromatic N) is 1. The molecule has 1 aliphatic rings. The average Bonchev–Trinajstić information content (AvgIpc) is 2.16. The third-order valence-electron chi connectivity index (χ3n) is 1.91. The van der Waals surface area contributed by atoms with E-state index in [-0.39, 0.29) is 6.54 Å². The van der Waals surface area contributed by atoms with E-state index >= 15 is 0 Å². The van der Waals surface area contributed by atoms with Gasteiger partial charge in [-0.1, -0.05) is 0 Å². The average molecular weight is 182 g/mol. The zero-order valence-electron chi connectivity index (χ0n) is 6.99. The first kappa shape index (κ1) is 9.55. The fourth-order valence-electron chi connectivity index (χ4n) is 1.25. The summed E-state index contributed by atoms with van der Waals surface area (Å²) in [5.74, 6) is 0.323. The Morgan fingerprint density at radius 3 is 2.85 bits per heavy atom. The highest BCUT2D eigenvalue weighted by Crippen LogP contribution is 2.03. The van der Waals surface area contributed by atoms with Crippen LogP contribution in [0.5, 0.6) is 0 Å². The van der Waals surface area contributed by atoms with E-state index in [0.717, 1.165) is 0 Å². The highest BCUT2D eigenvalue weighted by atomic mass is 16.4. The highest BCUT2D eigenvalue weighted by Gasteiger charge is 2.30. The molecule has 1 unspecified atom stereocenters. The first-order valence-electron chi connectivity index (χ1n) is 3.87. The van der Waals surface area contributed by atoms with Crippen LogP contribution in [0, 0.1) is 12.3 Å². The number of amides is 1. The van der Waals surface area contributed by atoms with Gasteiger partial charge in [0.15, 0.2) is 0 Å². The molecule has 5 nitrogen and oxygen atoms in total. The van der Waals surface area contributed by atoms with E-state index in [1.807, 2.05) is 5.92 Å². The molecule has 0 aromatic carbocycles. The predicted molar refractivity (Wildman–Crippen MR) is 44.8 cm³/mol. The van der Waals surface area contributed by atoms with Gasteiger partial charge >= 0.3 is 5.97 Å². The lowest BCUT2D eigenvalue weighted by Crippen LogP contribution is -2.56. The van der Waals surface area contributed by atoms with Gasteiger partial charge in [-0.15, -0.1) is 6.42 Å². The Morgan fingerprint density at radius 2 is 2.31 bits per heavy atom. The molecule has 1 heterocycles. The molecule has 2 N–H and O–H groups in total. The number of carboxylic acids is 1. The molecule has 70 valence electrons. The maximum Gasteiger partial charge on any atom is 0.327 e. The number of aliphatic carboxylic acids is 1. The standard InChI is InChI=1S/C8H10N2O3/c1-2-7(11)10-4-3-9-5-6(10)8(12)13/h1,6,9H,3-5H2,(H,12,13). The van der Waals surface area contributed by atoms with Gasteiger partial charge in [-0.25, -0.2) is 4.79 Å². The molecule has 5 heteroatoms. The molecule has 1 atom stereocenters. The van der Waals surface area contributed by atoms with Crippen LogP contribution in [0.15, 0.2) is 0 Å². The first-order chi connectivity index (χ1) is 6.16. The van der Waals surface area contributed by atoms with Crippen molar-refractivity contribution in [3.63, 3.8) is 0 Å². The zero-order chi connectivity index (χ0) is 9.84. The highest BCUT2D eigenvalue weighted by molar-refractivity contribution is 5.95. The normalized spacial score (nSPS) is 22.1. The molecule has 0 saturated carbocycles. The number of hydrogen-bond acceptors (Lipinski definition) is 3. The van der Waals surface area contributed by atoms with Crippen molar-refractivity contribution in [2.75, 3.05) is 19.6 Å². The lowest BCUT2D eigenvalue weighted by molar-refractivity contribution is -0.149. The van der Waals surface area contributed by atoms with Crippen molar-refractivity contribution in [3.05, 3.63) is 0 Å². The van der Waals surface area contributed by atoms with E-state index in [2.05, 4.69) is 5.32 Å². The van der Waals surface area contributed by atoms with Crippen molar-refractivity contribution in [1.82, 2.24) is 10.2 Å². The van der Waals surface area contributed by atoms with Crippen LogP contribution in [-0.4, -0.2) is 47.6 Å². The number of carboxylic acid groups (broad SMARTS) is 1. The Morgan fingerprint density at radius 1 is 1.62 bits per heavy atom. The molecule has 0 aromatic rings. The Kier molecular flexibility index (Phi) is 2.88. The fraction of sp³-hybridized carbons (Fsp3) is 0.500. The van der Waals surface area contributed by atoms with Crippen LogP contribution in [0.4, 0.5) is 0 Å². The van der Waals surface area contributed by atoms with Crippen molar-refractivity contribution >= 4 is 11.9 Å². The van der Waals surface area contributed by atoms with E-state index < -0.39 is 17.9 Å². The van der Waals surface area contributed by atoms with Crippen LogP contribution < -0.4 is 5.32 Å². The van der Waals surface area contributed by atoms with Gasteiger partial charge in [0, 0.05) is 19.6 Å². The molecule has 0 aliphatic carbocycles. The van der Waals surface area contributed by atoms with Gasteiger partial charge in [0.1, 0.15) is 6.04 Å². The van der Waals surface area contributed by atoms with Crippen LogP contribution in [-0.2, 0) is 9.59 Å². The van der Waals surface area contributed by atoms with Gasteiger partial charge in [0.05, 0.1) is 0 Å². The molecule has 1 saturated heterocycles. The Labute approximate surface area is 75.7 Å². The summed E-state index contributed by atoms with van der Waals surface area (Å²) < 4.78 is 0. The zero-order valence-corrected chi connectivity index (χ0v) is 6.99. The van der Waals surface area contributed by atoms with Crippen LogP contribution in [0.1, 0.15) is 0 Å². The monoisotopic (exact) mass is 182 g/mol. The van der Waals surface area contributed by atoms with Gasteiger partial charge in [-0.2, -0.15) is 0 Å². The van der Waals surface area contributed by atoms with Gasteiger partial charge in [-0.05, 0) is 5.92 Å². The minimum absolute atomic E-state index is 0.253. The number of terminal acetylenes is 1. The molecule has 1 rings (SSSR count). The number of nitrogens with one attached hydrogen (secondary N) is 1. The van der Waals surface area contributed by atoms with Gasteiger partial charge < -0.3 is 15.3 Å². The van der Waals surface area contributed by atoms with Crippen LogP contribution in [0.3, 0.4) is 0 Å². The van der Waals surface area contributed by atoms with E-state index in [1.165, 1.54) is 4.90 Å². The second-order valence-corrected chi connectivity index (χ2v) is 2.70. The largest absolute Gasteiger partial charge is 0.480 e. The lowest BCUT2D eigenvalue weighted by atomic mass is 10.2. The van der Waals surface area contributed by atoms with Crippen LogP contribution in [0.2, 0.25) is 0 Å². The molecule has 1 amide bonds. The molecule has 0 radical (unpaired) electrons. The second kappa shape index (κ2) is 3.92. The van der Waals surface area contributed by atoms with Crippen molar-refractivity contribution in [1.29, 1.82) is 0 Å². The van der Waals surface area contributed by atoms with Crippen molar-refractivity contribution < 1.29 is 14.7 Å². The number of carbonyl (C=O) groups excluding carboxylic acids is 1. The maximum absolute atomic E-state index is 11.1. The Balaban J connectivity index is 2.74. The predicted octanol–water partition coefficient (Wildman–Crippen LogP) is -1.50. The van der Waals surface area contributed by atoms with Crippen molar-refractivity contribution in [2.45, 2.75) is 6.04 Å². The molecular formula is C8H10N2O3. The third-order valence-corrected chi connectivity index (χ3v) is 1.91. The number of rotatable bonds is 1. The fourth-order valence-corrected chi connectivity index (χ4v) is 1.25. The van der Waals surface area contributed by atoms with Gasteiger partial charge in [0.25, 0.3) is 5.91 Å². The van der Waals surface area contributed by atoms with E-state index in [0.29, 0.717) is 13.1 Å². The number of piperazine rings is 1. The van der Waals surface area contributed by atoms with Crippen LogP contribution in [0.25, 0.3) is 0 Å². The summed E-state index contributed by atoms with van der Waals surface area (Å²) in [6.07, 6.45) is 4.91. The summed E-state index contributed by atoms with van der Waals surface area (Å²) in [5, 5.41) is 11.6. The van der Waals surface area contributed by atoms with Gasteiger partial charge in [-0.3, -0.25) is 4.79 Å². The maximum atomic E-state index is 11.1. The Hall–Kier alpha value is -1.54. The summed E-state index contributed by atoms with van der Waals surface area (Å²) >= 11 is 0. The first-order valence-corrected chi connectivity index (χ1v) is 3.87. The topological polar surface area (TPSA) is 69.6 Å². The van der Waals surface area contributed by atoms with Crippen molar-refractivity contribution in [3.8, 4) is 12.3 Å². The van der Waals surface area contributed by atoms with Gasteiger partial charge in [0.2, 0.25) is 0 Å². The second-order valence-electron chi connectivity index (χ2n) is 2.70. The molecule has 1 fully saturated rings. The number of carbonyl (C=O) groups is 2. The summed E-state index contributed by atoms with van der Waals surface area (Å²) in [5.41, 5.74) is 0. The number of hydrogen-bond donors (Lipinski definition) is 2. The SMILES string of the molecule is C#CC(=O)N1CCNCC1C(=O)O. The summed E-state index contributed by atoms with van der Waals surface area (Å²) in [6, 6.07) is -0.836. The summed E-state index contributed by atoms with van der Waals surface area (Å²) in [6.45, 7) is 1.18. The molecule has 0 bridgehead atoms. The van der Waals surface area contributed by atoms with E-state index in [4.69, 9.17) is 11.5 Å². The molecule has 1 aliphatic heterocycles. The smallest absolute Gasteiger partial charge is 0.327 e.